The molecule has 0 bridgehead atoms. The SMILES string of the molecule is COc1ccc(Br)c2c1CCC(C)CC2Cl. The highest BCUT2D eigenvalue weighted by molar-refractivity contribution is 9.10. The van der Waals surface area contributed by atoms with Gasteiger partial charge in [-0.2, -0.15) is 0 Å². The Kier molecular flexibility index (Phi) is 3.81. The molecule has 1 nitrogen and oxygen atoms in total. The predicted octanol–water partition coefficient (Wildman–Crippen LogP) is 4.71. The molecule has 0 saturated carbocycles. The van der Waals surface area contributed by atoms with E-state index in [0.29, 0.717) is 5.92 Å². The monoisotopic (exact) mass is 302 g/mol. The largest absolute Gasteiger partial charge is 0.496 e. The molecule has 0 spiro atoms. The number of hydrogen-bond acceptors (Lipinski definition) is 1. The molecule has 1 aromatic rings. The fourth-order valence-electron chi connectivity index (χ4n) is 2.38. The zero-order valence-electron chi connectivity index (χ0n) is 9.59. The van der Waals surface area contributed by atoms with E-state index in [4.69, 9.17) is 16.3 Å². The second-order valence-corrected chi connectivity index (χ2v) is 5.87. The Bertz CT molecular complexity index is 392. The molecule has 88 valence electrons. The maximum atomic E-state index is 6.50. The smallest absolute Gasteiger partial charge is 0.122 e. The van der Waals surface area contributed by atoms with Crippen LogP contribution in [0.15, 0.2) is 16.6 Å². The van der Waals surface area contributed by atoms with Crippen LogP contribution in [0, 0.1) is 5.92 Å². The Hall–Kier alpha value is -0.210. The normalized spacial score (nSPS) is 24.8. The van der Waals surface area contributed by atoms with E-state index in [1.807, 2.05) is 12.1 Å². The number of rotatable bonds is 1. The van der Waals surface area contributed by atoms with Gasteiger partial charge in [-0.25, -0.2) is 0 Å². The van der Waals surface area contributed by atoms with Crippen molar-refractivity contribution in [2.75, 3.05) is 7.11 Å². The fraction of sp³-hybridized carbons (Fsp3) is 0.538. The summed E-state index contributed by atoms with van der Waals surface area (Å²) in [6.45, 7) is 2.27. The Labute approximate surface area is 110 Å². The number of fused-ring (bicyclic) bond motifs is 1. The summed E-state index contributed by atoms with van der Waals surface area (Å²) in [6, 6.07) is 4.05. The van der Waals surface area contributed by atoms with Crippen LogP contribution in [0.5, 0.6) is 5.75 Å². The van der Waals surface area contributed by atoms with Crippen molar-refractivity contribution >= 4 is 27.5 Å². The van der Waals surface area contributed by atoms with Crippen LogP contribution in [-0.2, 0) is 6.42 Å². The number of ether oxygens (including phenoxy) is 1. The molecule has 2 unspecified atom stereocenters. The zero-order chi connectivity index (χ0) is 11.7. The zero-order valence-corrected chi connectivity index (χ0v) is 11.9. The van der Waals surface area contributed by atoms with Gasteiger partial charge in [-0.15, -0.1) is 11.6 Å². The van der Waals surface area contributed by atoms with Crippen LogP contribution in [0.2, 0.25) is 0 Å². The Morgan fingerprint density at radius 1 is 1.44 bits per heavy atom. The van der Waals surface area contributed by atoms with E-state index >= 15 is 0 Å². The first-order chi connectivity index (χ1) is 7.63. The van der Waals surface area contributed by atoms with Crippen molar-refractivity contribution in [1.29, 1.82) is 0 Å². The minimum absolute atomic E-state index is 0.0944. The van der Waals surface area contributed by atoms with E-state index in [0.717, 1.165) is 23.1 Å². The third kappa shape index (κ3) is 2.23. The van der Waals surface area contributed by atoms with Crippen LogP contribution in [0.4, 0.5) is 0 Å². The molecule has 16 heavy (non-hydrogen) atoms. The topological polar surface area (TPSA) is 9.23 Å². The summed E-state index contributed by atoms with van der Waals surface area (Å²) in [5, 5.41) is 0.0944. The summed E-state index contributed by atoms with van der Waals surface area (Å²) in [5.41, 5.74) is 2.51. The van der Waals surface area contributed by atoms with Gasteiger partial charge in [0.2, 0.25) is 0 Å². The van der Waals surface area contributed by atoms with Gasteiger partial charge in [0.25, 0.3) is 0 Å². The van der Waals surface area contributed by atoms with Crippen molar-refractivity contribution in [1.82, 2.24) is 0 Å². The third-order valence-corrected chi connectivity index (χ3v) is 4.38. The fourth-order valence-corrected chi connectivity index (χ4v) is 3.72. The molecule has 1 aromatic carbocycles. The lowest BCUT2D eigenvalue weighted by Gasteiger charge is -2.16. The van der Waals surface area contributed by atoms with Gasteiger partial charge in [-0.1, -0.05) is 22.9 Å². The lowest BCUT2D eigenvalue weighted by Crippen LogP contribution is -1.99. The first-order valence-corrected chi connectivity index (χ1v) is 6.85. The molecule has 0 aromatic heterocycles. The van der Waals surface area contributed by atoms with Gasteiger partial charge in [0.15, 0.2) is 0 Å². The summed E-state index contributed by atoms with van der Waals surface area (Å²) in [4.78, 5) is 0. The van der Waals surface area contributed by atoms with E-state index in [1.54, 1.807) is 7.11 Å². The van der Waals surface area contributed by atoms with Gasteiger partial charge in [-0.3, -0.25) is 0 Å². The summed E-state index contributed by atoms with van der Waals surface area (Å²) in [7, 11) is 1.72. The summed E-state index contributed by atoms with van der Waals surface area (Å²) in [6.07, 6.45) is 3.28. The van der Waals surface area contributed by atoms with Crippen LogP contribution < -0.4 is 4.74 Å². The molecule has 0 heterocycles. The highest BCUT2D eigenvalue weighted by atomic mass is 79.9. The van der Waals surface area contributed by atoms with Crippen LogP contribution >= 0.6 is 27.5 Å². The van der Waals surface area contributed by atoms with Crippen molar-refractivity contribution in [2.45, 2.75) is 31.6 Å². The molecular weight excluding hydrogens is 287 g/mol. The number of alkyl halides is 1. The Morgan fingerprint density at radius 2 is 2.19 bits per heavy atom. The lowest BCUT2D eigenvalue weighted by atomic mass is 10.0. The van der Waals surface area contributed by atoms with Gasteiger partial charge in [0.1, 0.15) is 5.75 Å². The van der Waals surface area contributed by atoms with Gasteiger partial charge in [-0.05, 0) is 48.4 Å². The molecule has 0 aliphatic heterocycles. The second kappa shape index (κ2) is 4.97. The third-order valence-electron chi connectivity index (χ3n) is 3.29. The van der Waals surface area contributed by atoms with Crippen molar-refractivity contribution in [3.63, 3.8) is 0 Å². The first-order valence-electron chi connectivity index (χ1n) is 5.62. The molecule has 0 saturated heterocycles. The van der Waals surface area contributed by atoms with Gasteiger partial charge in [0, 0.05) is 4.47 Å². The van der Waals surface area contributed by atoms with Crippen molar-refractivity contribution < 1.29 is 4.74 Å². The molecule has 0 radical (unpaired) electrons. The Balaban J connectivity index is 2.52. The molecule has 2 atom stereocenters. The van der Waals surface area contributed by atoms with E-state index in [2.05, 4.69) is 22.9 Å². The summed E-state index contributed by atoms with van der Waals surface area (Å²) < 4.78 is 6.54. The van der Waals surface area contributed by atoms with E-state index in [9.17, 15) is 0 Å². The summed E-state index contributed by atoms with van der Waals surface area (Å²) >= 11 is 10.1. The standard InChI is InChI=1S/C13H16BrClO/c1-8-3-4-9-12(16-2)6-5-10(14)13(9)11(15)7-8/h5-6,8,11H,3-4,7H2,1-2H3. The van der Waals surface area contributed by atoms with Gasteiger partial charge >= 0.3 is 0 Å². The van der Waals surface area contributed by atoms with E-state index in [1.165, 1.54) is 17.5 Å². The lowest BCUT2D eigenvalue weighted by molar-refractivity contribution is 0.407. The van der Waals surface area contributed by atoms with E-state index in [-0.39, 0.29) is 5.38 Å². The maximum Gasteiger partial charge on any atom is 0.122 e. The van der Waals surface area contributed by atoms with E-state index < -0.39 is 0 Å². The number of hydrogen-bond donors (Lipinski definition) is 0. The minimum atomic E-state index is 0.0944. The predicted molar refractivity (Wildman–Crippen MR) is 71.4 cm³/mol. The first kappa shape index (κ1) is 12.3. The average Bonchev–Trinajstić information content (AvgIpc) is 2.39. The minimum Gasteiger partial charge on any atom is -0.496 e. The molecule has 1 aliphatic rings. The van der Waals surface area contributed by atoms with Gasteiger partial charge in [0.05, 0.1) is 12.5 Å². The van der Waals surface area contributed by atoms with Crippen molar-refractivity contribution in [3.8, 4) is 5.75 Å². The molecule has 0 fully saturated rings. The van der Waals surface area contributed by atoms with Crippen LogP contribution in [0.1, 0.15) is 36.3 Å². The number of methoxy groups -OCH3 is 1. The Morgan fingerprint density at radius 3 is 2.88 bits per heavy atom. The van der Waals surface area contributed by atoms with Crippen LogP contribution in [0.3, 0.4) is 0 Å². The molecule has 1 aliphatic carbocycles. The highest BCUT2D eigenvalue weighted by Crippen LogP contribution is 2.43. The second-order valence-electron chi connectivity index (χ2n) is 4.49. The van der Waals surface area contributed by atoms with Crippen LogP contribution in [-0.4, -0.2) is 7.11 Å². The average molecular weight is 304 g/mol. The molecular formula is C13H16BrClO. The van der Waals surface area contributed by atoms with Crippen LogP contribution in [0.25, 0.3) is 0 Å². The quantitative estimate of drug-likeness (QED) is 0.539. The molecule has 0 N–H and O–H groups in total. The molecule has 2 rings (SSSR count). The number of halogens is 2. The molecule has 3 heteroatoms. The highest BCUT2D eigenvalue weighted by Gasteiger charge is 2.25. The van der Waals surface area contributed by atoms with Gasteiger partial charge < -0.3 is 4.74 Å². The van der Waals surface area contributed by atoms with Crippen molar-refractivity contribution in [2.24, 2.45) is 5.92 Å². The summed E-state index contributed by atoms with van der Waals surface area (Å²) in [5.74, 6) is 1.64. The maximum absolute atomic E-state index is 6.50. The molecule has 0 amide bonds. The number of benzene rings is 1. The van der Waals surface area contributed by atoms with Crippen molar-refractivity contribution in [3.05, 3.63) is 27.7 Å².